The summed E-state index contributed by atoms with van der Waals surface area (Å²) in [7, 11) is 0. The van der Waals surface area contributed by atoms with Gasteiger partial charge in [0.2, 0.25) is 0 Å². The van der Waals surface area contributed by atoms with Gasteiger partial charge in [-0.2, -0.15) is 8.78 Å². The van der Waals surface area contributed by atoms with Crippen LogP contribution >= 0.6 is 0 Å². The predicted molar refractivity (Wildman–Crippen MR) is 67.3 cm³/mol. The van der Waals surface area contributed by atoms with E-state index < -0.39 is 17.8 Å². The smallest absolute Gasteiger partial charge is 0.375 e. The van der Waals surface area contributed by atoms with Crippen molar-refractivity contribution in [2.24, 2.45) is 0 Å². The molecule has 2 aromatic rings. The lowest BCUT2D eigenvalue weighted by Gasteiger charge is -2.24. The predicted octanol–water partition coefficient (Wildman–Crippen LogP) is 3.54. The average molecular weight is 262 g/mol. The van der Waals surface area contributed by atoms with Crippen LogP contribution in [0.4, 0.5) is 8.78 Å². The zero-order valence-corrected chi connectivity index (χ0v) is 9.96. The molecule has 2 rings (SSSR count). The van der Waals surface area contributed by atoms with Gasteiger partial charge in [-0.15, -0.1) is 0 Å². The molecule has 2 nitrogen and oxygen atoms in total. The van der Waals surface area contributed by atoms with E-state index in [-0.39, 0.29) is 11.1 Å². The first-order chi connectivity index (χ1) is 9.03. The van der Waals surface area contributed by atoms with Crippen molar-refractivity contribution in [3.8, 4) is 0 Å². The number of carbonyl (C=O) groups is 1. The molecule has 2 aromatic carbocycles. The number of benzene rings is 2. The van der Waals surface area contributed by atoms with Crippen LogP contribution in [0, 0.1) is 0 Å². The third-order valence-corrected chi connectivity index (χ3v) is 2.91. The third kappa shape index (κ3) is 2.62. The SMILES string of the molecule is O=C(O)C(F)(F)C(c1ccccc1)c1ccccc1. The minimum absolute atomic E-state index is 0.279. The molecule has 0 unspecified atom stereocenters. The summed E-state index contributed by atoms with van der Waals surface area (Å²) in [6.45, 7) is 0. The molecule has 0 radical (unpaired) electrons. The van der Waals surface area contributed by atoms with E-state index >= 15 is 0 Å². The van der Waals surface area contributed by atoms with Gasteiger partial charge in [0.25, 0.3) is 0 Å². The summed E-state index contributed by atoms with van der Waals surface area (Å²) < 4.78 is 28.0. The van der Waals surface area contributed by atoms with Crippen molar-refractivity contribution in [2.45, 2.75) is 11.8 Å². The molecule has 0 atom stereocenters. The lowest BCUT2D eigenvalue weighted by molar-refractivity contribution is -0.166. The Kier molecular flexibility index (Phi) is 3.60. The Bertz CT molecular complexity index is 513. The first kappa shape index (κ1) is 13.2. The average Bonchev–Trinajstić information content (AvgIpc) is 2.41. The number of carboxylic acids is 1. The van der Waals surface area contributed by atoms with Crippen molar-refractivity contribution >= 4 is 5.97 Å². The van der Waals surface area contributed by atoms with E-state index in [1.807, 2.05) is 0 Å². The molecule has 19 heavy (non-hydrogen) atoms. The molecule has 0 amide bonds. The lowest BCUT2D eigenvalue weighted by atomic mass is 9.86. The van der Waals surface area contributed by atoms with Crippen LogP contribution in [-0.4, -0.2) is 17.0 Å². The van der Waals surface area contributed by atoms with Crippen molar-refractivity contribution in [3.63, 3.8) is 0 Å². The van der Waals surface area contributed by atoms with Crippen LogP contribution in [0.2, 0.25) is 0 Å². The number of halogens is 2. The summed E-state index contributed by atoms with van der Waals surface area (Å²) in [6, 6.07) is 15.9. The quantitative estimate of drug-likeness (QED) is 0.915. The zero-order valence-electron chi connectivity index (χ0n) is 9.96. The van der Waals surface area contributed by atoms with Gasteiger partial charge >= 0.3 is 11.9 Å². The Morgan fingerprint density at radius 2 is 1.26 bits per heavy atom. The number of hydrogen-bond acceptors (Lipinski definition) is 1. The molecule has 0 aliphatic rings. The van der Waals surface area contributed by atoms with Gasteiger partial charge < -0.3 is 5.11 Å². The number of rotatable bonds is 4. The molecule has 0 saturated carbocycles. The molecule has 0 heterocycles. The monoisotopic (exact) mass is 262 g/mol. The molecule has 0 fully saturated rings. The van der Waals surface area contributed by atoms with Crippen molar-refractivity contribution in [1.82, 2.24) is 0 Å². The van der Waals surface area contributed by atoms with Gasteiger partial charge in [0, 0.05) is 0 Å². The highest BCUT2D eigenvalue weighted by Crippen LogP contribution is 2.39. The summed E-state index contributed by atoms with van der Waals surface area (Å²) in [5.41, 5.74) is 0.558. The van der Waals surface area contributed by atoms with Gasteiger partial charge in [0.1, 0.15) is 0 Å². The number of aliphatic carboxylic acids is 1. The van der Waals surface area contributed by atoms with Gasteiger partial charge in [-0.1, -0.05) is 60.7 Å². The molecule has 98 valence electrons. The number of hydrogen-bond donors (Lipinski definition) is 1. The van der Waals surface area contributed by atoms with E-state index in [0.29, 0.717) is 0 Å². The molecule has 4 heteroatoms. The summed E-state index contributed by atoms with van der Waals surface area (Å²) in [6.07, 6.45) is 0. The molecule has 0 spiro atoms. The van der Waals surface area contributed by atoms with Crippen molar-refractivity contribution < 1.29 is 18.7 Å². The Morgan fingerprint density at radius 3 is 1.58 bits per heavy atom. The molecule has 0 saturated heterocycles. The van der Waals surface area contributed by atoms with Crippen LogP contribution in [0.1, 0.15) is 17.0 Å². The highest BCUT2D eigenvalue weighted by atomic mass is 19.3. The number of carboxylic acid groups (broad SMARTS) is 1. The maximum atomic E-state index is 14.0. The fourth-order valence-corrected chi connectivity index (χ4v) is 2.03. The molecular formula is C15H12F2O2. The van der Waals surface area contributed by atoms with Crippen LogP contribution in [0.3, 0.4) is 0 Å². The van der Waals surface area contributed by atoms with Gasteiger partial charge in [-0.25, -0.2) is 4.79 Å². The largest absolute Gasteiger partial charge is 0.477 e. The van der Waals surface area contributed by atoms with Crippen LogP contribution in [-0.2, 0) is 4.79 Å². The Labute approximate surface area is 109 Å². The summed E-state index contributed by atoms with van der Waals surface area (Å²) in [5, 5.41) is 8.78. The van der Waals surface area contributed by atoms with E-state index in [1.165, 1.54) is 24.3 Å². The molecule has 0 bridgehead atoms. The molecule has 0 aliphatic heterocycles. The van der Waals surface area contributed by atoms with Crippen molar-refractivity contribution in [1.29, 1.82) is 0 Å². The lowest BCUT2D eigenvalue weighted by Crippen LogP contribution is -2.36. The van der Waals surface area contributed by atoms with Crippen LogP contribution < -0.4 is 0 Å². The third-order valence-electron chi connectivity index (χ3n) is 2.91. The van der Waals surface area contributed by atoms with Gasteiger partial charge in [-0.3, -0.25) is 0 Å². The van der Waals surface area contributed by atoms with E-state index in [4.69, 9.17) is 5.11 Å². The number of alkyl halides is 2. The highest BCUT2D eigenvalue weighted by molar-refractivity contribution is 5.78. The topological polar surface area (TPSA) is 37.3 Å². The maximum Gasteiger partial charge on any atom is 0.375 e. The molecule has 0 aliphatic carbocycles. The van der Waals surface area contributed by atoms with Gasteiger partial charge in [0.15, 0.2) is 0 Å². The van der Waals surface area contributed by atoms with Crippen molar-refractivity contribution in [3.05, 3.63) is 71.8 Å². The minimum atomic E-state index is -3.86. The second-order valence-corrected chi connectivity index (χ2v) is 4.18. The maximum absolute atomic E-state index is 14.0. The fraction of sp³-hybridized carbons (Fsp3) is 0.133. The van der Waals surface area contributed by atoms with Crippen molar-refractivity contribution in [2.75, 3.05) is 0 Å². The first-order valence-corrected chi connectivity index (χ1v) is 5.74. The Hall–Kier alpha value is -2.23. The van der Waals surface area contributed by atoms with Gasteiger partial charge in [-0.05, 0) is 11.1 Å². The van der Waals surface area contributed by atoms with E-state index in [0.717, 1.165) is 0 Å². The minimum Gasteiger partial charge on any atom is -0.477 e. The van der Waals surface area contributed by atoms with Crippen LogP contribution in [0.25, 0.3) is 0 Å². The van der Waals surface area contributed by atoms with E-state index in [2.05, 4.69) is 0 Å². The summed E-state index contributed by atoms with van der Waals surface area (Å²) in [5.74, 6) is -7.47. The second-order valence-electron chi connectivity index (χ2n) is 4.18. The zero-order chi connectivity index (χ0) is 13.9. The van der Waals surface area contributed by atoms with E-state index in [1.54, 1.807) is 36.4 Å². The highest BCUT2D eigenvalue weighted by Gasteiger charge is 2.48. The fourth-order valence-electron chi connectivity index (χ4n) is 2.03. The first-order valence-electron chi connectivity index (χ1n) is 5.74. The second kappa shape index (κ2) is 5.18. The normalized spacial score (nSPS) is 11.5. The van der Waals surface area contributed by atoms with E-state index in [9.17, 15) is 13.6 Å². The Balaban J connectivity index is 2.55. The molecular weight excluding hydrogens is 250 g/mol. The van der Waals surface area contributed by atoms with Crippen LogP contribution in [0.5, 0.6) is 0 Å². The summed E-state index contributed by atoms with van der Waals surface area (Å²) in [4.78, 5) is 10.9. The molecule has 1 N–H and O–H groups in total. The summed E-state index contributed by atoms with van der Waals surface area (Å²) >= 11 is 0. The standard InChI is InChI=1S/C15H12F2O2/c16-15(17,14(18)19)13(11-7-3-1-4-8-11)12-9-5-2-6-10-12/h1-10,13H,(H,18,19). The Morgan fingerprint density at radius 1 is 0.895 bits per heavy atom. The molecule has 0 aromatic heterocycles. The van der Waals surface area contributed by atoms with Gasteiger partial charge in [0.05, 0.1) is 5.92 Å². The van der Waals surface area contributed by atoms with Crippen LogP contribution in [0.15, 0.2) is 60.7 Å².